The van der Waals surface area contributed by atoms with Crippen LogP contribution in [0.1, 0.15) is 24.8 Å². The zero-order valence-corrected chi connectivity index (χ0v) is 10.5. The van der Waals surface area contributed by atoms with Crippen molar-refractivity contribution in [1.29, 1.82) is 0 Å². The van der Waals surface area contributed by atoms with Gasteiger partial charge in [-0.05, 0) is 49.1 Å². The highest BCUT2D eigenvalue weighted by atomic mass is 35.5. The van der Waals surface area contributed by atoms with Crippen molar-refractivity contribution in [3.63, 3.8) is 0 Å². The van der Waals surface area contributed by atoms with Gasteiger partial charge in [0.15, 0.2) is 0 Å². The molecule has 0 spiro atoms. The summed E-state index contributed by atoms with van der Waals surface area (Å²) in [4.78, 5) is 0. The van der Waals surface area contributed by atoms with Gasteiger partial charge < -0.3 is 5.73 Å². The highest BCUT2D eigenvalue weighted by Crippen LogP contribution is 2.58. The number of benzene rings is 1. The van der Waals surface area contributed by atoms with Gasteiger partial charge in [0.1, 0.15) is 5.82 Å². The number of nitrogens with two attached hydrogens (primary N) is 1. The van der Waals surface area contributed by atoms with Crippen LogP contribution in [0.2, 0.25) is 5.02 Å². The maximum Gasteiger partial charge on any atom is 0.127 e. The van der Waals surface area contributed by atoms with Gasteiger partial charge in [-0.15, -0.1) is 0 Å². The summed E-state index contributed by atoms with van der Waals surface area (Å²) in [6.45, 7) is 0. The van der Waals surface area contributed by atoms with Crippen LogP contribution in [0.4, 0.5) is 4.39 Å². The van der Waals surface area contributed by atoms with E-state index >= 15 is 0 Å². The minimum absolute atomic E-state index is 0.0692. The third-order valence-corrected chi connectivity index (χ3v) is 4.82. The minimum Gasteiger partial charge on any atom is -0.327 e. The Morgan fingerprint density at radius 2 is 2.06 bits per heavy atom. The number of rotatable bonds is 3. The second-order valence-electron chi connectivity index (χ2n) is 5.40. The molecule has 3 heteroatoms. The first kappa shape index (κ1) is 11.5. The van der Waals surface area contributed by atoms with Gasteiger partial charge in [-0.1, -0.05) is 24.1 Å². The Bertz CT molecular complexity index is 404. The summed E-state index contributed by atoms with van der Waals surface area (Å²) in [6.07, 6.45) is 4.55. The Morgan fingerprint density at radius 1 is 1.35 bits per heavy atom. The molecule has 0 aromatic heterocycles. The Balaban J connectivity index is 1.71. The first-order valence-corrected chi connectivity index (χ1v) is 6.74. The maximum atomic E-state index is 13.6. The zero-order valence-electron chi connectivity index (χ0n) is 9.70. The second kappa shape index (κ2) is 4.25. The molecule has 2 aliphatic carbocycles. The van der Waals surface area contributed by atoms with Crippen LogP contribution in [0.25, 0.3) is 0 Å². The van der Waals surface area contributed by atoms with E-state index in [-0.39, 0.29) is 11.9 Å². The average Bonchev–Trinajstić information content (AvgIpc) is 2.78. The van der Waals surface area contributed by atoms with Crippen LogP contribution >= 0.6 is 11.6 Å². The van der Waals surface area contributed by atoms with Gasteiger partial charge >= 0.3 is 0 Å². The van der Waals surface area contributed by atoms with Crippen molar-refractivity contribution in [2.45, 2.75) is 31.7 Å². The predicted molar refractivity (Wildman–Crippen MR) is 67.4 cm³/mol. The fourth-order valence-corrected chi connectivity index (χ4v) is 3.85. The van der Waals surface area contributed by atoms with Gasteiger partial charge in [0.25, 0.3) is 0 Å². The van der Waals surface area contributed by atoms with Crippen LogP contribution in [0.3, 0.4) is 0 Å². The van der Waals surface area contributed by atoms with Crippen molar-refractivity contribution in [3.05, 3.63) is 34.6 Å². The maximum absolute atomic E-state index is 13.6. The molecule has 2 saturated carbocycles. The van der Waals surface area contributed by atoms with Crippen molar-refractivity contribution in [2.24, 2.45) is 23.5 Å². The molecule has 1 aromatic rings. The lowest BCUT2D eigenvalue weighted by Crippen LogP contribution is -2.28. The zero-order chi connectivity index (χ0) is 12.0. The smallest absolute Gasteiger partial charge is 0.127 e. The molecule has 2 fully saturated rings. The van der Waals surface area contributed by atoms with E-state index in [1.54, 1.807) is 12.1 Å². The van der Waals surface area contributed by atoms with Crippen molar-refractivity contribution in [2.75, 3.05) is 0 Å². The summed E-state index contributed by atoms with van der Waals surface area (Å²) in [5, 5.41) is 0.506. The summed E-state index contributed by atoms with van der Waals surface area (Å²) in [6, 6.07) is 4.90. The van der Waals surface area contributed by atoms with Crippen LogP contribution in [-0.2, 0) is 6.42 Å². The highest BCUT2D eigenvalue weighted by Gasteiger charge is 2.54. The topological polar surface area (TPSA) is 26.0 Å². The number of fused-ring (bicyclic) bond motifs is 1. The molecule has 0 saturated heterocycles. The van der Waals surface area contributed by atoms with E-state index in [4.69, 9.17) is 17.3 Å². The molecule has 3 atom stereocenters. The van der Waals surface area contributed by atoms with Crippen LogP contribution < -0.4 is 5.73 Å². The Kier molecular flexibility index (Phi) is 2.87. The molecule has 3 rings (SSSR count). The van der Waals surface area contributed by atoms with Crippen LogP contribution in [0, 0.1) is 23.6 Å². The van der Waals surface area contributed by atoms with Crippen LogP contribution in [0.15, 0.2) is 18.2 Å². The van der Waals surface area contributed by atoms with Gasteiger partial charge in [0, 0.05) is 16.6 Å². The summed E-state index contributed by atoms with van der Waals surface area (Å²) >= 11 is 6.02. The molecule has 2 aliphatic rings. The van der Waals surface area contributed by atoms with Gasteiger partial charge in [-0.2, -0.15) is 0 Å². The van der Waals surface area contributed by atoms with E-state index in [1.807, 2.05) is 0 Å². The standard InChI is InChI=1S/C14H17ClFN/c15-11-5-2-6-12(16)10(11)7-13(17)14-8-3-1-4-9(8)14/h2,5-6,8-9,13-14H,1,3-4,7,17H2. The molecular formula is C14H17ClFN. The van der Waals surface area contributed by atoms with Gasteiger partial charge in [0.05, 0.1) is 0 Å². The monoisotopic (exact) mass is 253 g/mol. The van der Waals surface area contributed by atoms with Crippen molar-refractivity contribution in [3.8, 4) is 0 Å². The van der Waals surface area contributed by atoms with E-state index < -0.39 is 0 Å². The largest absolute Gasteiger partial charge is 0.327 e. The SMILES string of the molecule is NC(Cc1c(F)cccc1Cl)C1C2CCCC21. The molecule has 0 amide bonds. The van der Waals surface area contributed by atoms with Crippen LogP contribution in [-0.4, -0.2) is 6.04 Å². The quantitative estimate of drug-likeness (QED) is 0.878. The van der Waals surface area contributed by atoms with Gasteiger partial charge in [0.2, 0.25) is 0 Å². The first-order valence-electron chi connectivity index (χ1n) is 6.37. The van der Waals surface area contributed by atoms with Crippen LogP contribution in [0.5, 0.6) is 0 Å². The molecule has 0 aliphatic heterocycles. The third kappa shape index (κ3) is 1.98. The van der Waals surface area contributed by atoms with E-state index in [2.05, 4.69) is 0 Å². The highest BCUT2D eigenvalue weighted by molar-refractivity contribution is 6.31. The number of halogens is 2. The summed E-state index contributed by atoms with van der Waals surface area (Å²) in [5.74, 6) is 2.02. The molecule has 3 unspecified atom stereocenters. The molecule has 2 N–H and O–H groups in total. The van der Waals surface area contributed by atoms with E-state index in [9.17, 15) is 4.39 Å². The Morgan fingerprint density at radius 3 is 2.71 bits per heavy atom. The van der Waals surface area contributed by atoms with Gasteiger partial charge in [-0.25, -0.2) is 4.39 Å². The molecule has 1 aromatic carbocycles. The lowest BCUT2D eigenvalue weighted by Gasteiger charge is -2.15. The van der Waals surface area contributed by atoms with Crippen molar-refractivity contribution < 1.29 is 4.39 Å². The number of hydrogen-bond acceptors (Lipinski definition) is 1. The molecule has 92 valence electrons. The lowest BCUT2D eigenvalue weighted by atomic mass is 9.97. The summed E-state index contributed by atoms with van der Waals surface area (Å²) < 4.78 is 13.6. The van der Waals surface area contributed by atoms with E-state index in [0.717, 1.165) is 11.8 Å². The van der Waals surface area contributed by atoms with E-state index in [1.165, 1.54) is 25.3 Å². The number of hydrogen-bond donors (Lipinski definition) is 1. The average molecular weight is 254 g/mol. The Labute approximate surface area is 106 Å². The normalized spacial score (nSPS) is 32.3. The third-order valence-electron chi connectivity index (χ3n) is 4.47. The van der Waals surface area contributed by atoms with Gasteiger partial charge in [-0.3, -0.25) is 0 Å². The van der Waals surface area contributed by atoms with Crippen molar-refractivity contribution >= 4 is 11.6 Å². The predicted octanol–water partition coefficient (Wildman–Crippen LogP) is 3.40. The molecule has 0 heterocycles. The molecule has 0 radical (unpaired) electrons. The van der Waals surface area contributed by atoms with Crippen molar-refractivity contribution in [1.82, 2.24) is 0 Å². The Hall–Kier alpha value is -0.600. The van der Waals surface area contributed by atoms with E-state index in [0.29, 0.717) is 22.9 Å². The first-order chi connectivity index (χ1) is 8.18. The molecule has 17 heavy (non-hydrogen) atoms. The summed E-state index contributed by atoms with van der Waals surface area (Å²) in [7, 11) is 0. The lowest BCUT2D eigenvalue weighted by molar-refractivity contribution is 0.476. The molecular weight excluding hydrogens is 237 g/mol. The minimum atomic E-state index is -0.223. The fraction of sp³-hybridized carbons (Fsp3) is 0.571. The molecule has 1 nitrogen and oxygen atoms in total. The molecule has 0 bridgehead atoms. The summed E-state index contributed by atoms with van der Waals surface area (Å²) in [5.41, 5.74) is 6.80. The second-order valence-corrected chi connectivity index (χ2v) is 5.81. The fourth-order valence-electron chi connectivity index (χ4n) is 3.61.